The highest BCUT2D eigenvalue weighted by atomic mass is 16.3. The van der Waals surface area contributed by atoms with Crippen molar-refractivity contribution in [1.29, 1.82) is 5.26 Å². The molecule has 1 aromatic carbocycles. The zero-order valence-corrected chi connectivity index (χ0v) is 9.10. The van der Waals surface area contributed by atoms with Gasteiger partial charge in [-0.2, -0.15) is 5.26 Å². The van der Waals surface area contributed by atoms with Gasteiger partial charge >= 0.3 is 0 Å². The topological polar surface area (TPSA) is 73.1 Å². The lowest BCUT2D eigenvalue weighted by atomic mass is 10.2. The molecule has 1 amide bonds. The Morgan fingerprint density at radius 3 is 3.00 bits per heavy atom. The molecular weight excluding hydrogens is 204 g/mol. The molecule has 16 heavy (non-hydrogen) atoms. The Kier molecular flexibility index (Phi) is 4.49. The summed E-state index contributed by atoms with van der Waals surface area (Å²) in [6.07, 6.45) is 0.231. The smallest absolute Gasteiger partial charge is 0.224 e. The van der Waals surface area contributed by atoms with E-state index in [1.807, 2.05) is 6.07 Å². The van der Waals surface area contributed by atoms with Crippen molar-refractivity contribution in [3.8, 4) is 6.07 Å². The molecule has 0 fully saturated rings. The van der Waals surface area contributed by atoms with Gasteiger partial charge in [0.15, 0.2) is 0 Å². The van der Waals surface area contributed by atoms with E-state index in [1.165, 1.54) is 0 Å². The van der Waals surface area contributed by atoms with Crippen LogP contribution in [-0.4, -0.2) is 17.1 Å². The lowest BCUT2D eigenvalue weighted by molar-refractivity contribution is -0.116. The van der Waals surface area contributed by atoms with Gasteiger partial charge in [-0.05, 0) is 31.5 Å². The van der Waals surface area contributed by atoms with Crippen LogP contribution >= 0.6 is 0 Å². The van der Waals surface area contributed by atoms with E-state index >= 15 is 0 Å². The number of nitrogens with one attached hydrogen (secondary N) is 1. The molecule has 0 aromatic heterocycles. The van der Waals surface area contributed by atoms with Crippen molar-refractivity contribution >= 4 is 11.6 Å². The SMILES string of the molecule is CC(O)CCC(=O)Nc1cccc(C#N)c1. The summed E-state index contributed by atoms with van der Waals surface area (Å²) in [5.74, 6) is -0.156. The highest BCUT2D eigenvalue weighted by Crippen LogP contribution is 2.10. The lowest BCUT2D eigenvalue weighted by Gasteiger charge is -2.06. The standard InChI is InChI=1S/C12H14N2O2/c1-9(15)5-6-12(16)14-11-4-2-3-10(7-11)8-13/h2-4,7,9,15H,5-6H2,1H3,(H,14,16). The van der Waals surface area contributed by atoms with Gasteiger partial charge in [0.2, 0.25) is 5.91 Å². The van der Waals surface area contributed by atoms with Crippen molar-refractivity contribution in [3.63, 3.8) is 0 Å². The summed E-state index contributed by atoms with van der Waals surface area (Å²) in [7, 11) is 0. The molecule has 84 valence electrons. The molecule has 1 aromatic rings. The van der Waals surface area contributed by atoms with Crippen molar-refractivity contribution in [1.82, 2.24) is 0 Å². The average molecular weight is 218 g/mol. The Morgan fingerprint density at radius 2 is 2.38 bits per heavy atom. The molecule has 0 aliphatic carbocycles. The number of nitriles is 1. The number of anilines is 1. The third-order valence-electron chi connectivity index (χ3n) is 2.06. The van der Waals surface area contributed by atoms with Gasteiger partial charge in [-0.1, -0.05) is 6.07 Å². The van der Waals surface area contributed by atoms with Gasteiger partial charge in [0.25, 0.3) is 0 Å². The van der Waals surface area contributed by atoms with Crippen LogP contribution in [0.5, 0.6) is 0 Å². The number of carbonyl (C=O) groups excluding carboxylic acids is 1. The first-order valence-electron chi connectivity index (χ1n) is 5.10. The third kappa shape index (κ3) is 4.11. The average Bonchev–Trinajstić information content (AvgIpc) is 2.26. The second kappa shape index (κ2) is 5.89. The summed E-state index contributed by atoms with van der Waals surface area (Å²) < 4.78 is 0. The van der Waals surface area contributed by atoms with E-state index in [2.05, 4.69) is 5.32 Å². The number of amides is 1. The number of benzene rings is 1. The summed E-state index contributed by atoms with van der Waals surface area (Å²) >= 11 is 0. The molecule has 1 rings (SSSR count). The molecular formula is C12H14N2O2. The molecule has 0 aliphatic heterocycles. The fourth-order valence-corrected chi connectivity index (χ4v) is 1.23. The van der Waals surface area contributed by atoms with E-state index in [0.717, 1.165) is 0 Å². The number of hydrogen-bond acceptors (Lipinski definition) is 3. The van der Waals surface area contributed by atoms with E-state index in [1.54, 1.807) is 31.2 Å². The Morgan fingerprint density at radius 1 is 1.62 bits per heavy atom. The molecule has 0 radical (unpaired) electrons. The molecule has 0 saturated carbocycles. The molecule has 0 heterocycles. The van der Waals surface area contributed by atoms with Gasteiger partial charge in [-0.3, -0.25) is 4.79 Å². The van der Waals surface area contributed by atoms with Gasteiger partial charge in [0.1, 0.15) is 0 Å². The Bertz CT molecular complexity index is 408. The van der Waals surface area contributed by atoms with Crippen molar-refractivity contribution < 1.29 is 9.90 Å². The first-order valence-corrected chi connectivity index (χ1v) is 5.10. The predicted octanol–water partition coefficient (Wildman–Crippen LogP) is 1.66. The van der Waals surface area contributed by atoms with Crippen molar-refractivity contribution in [2.24, 2.45) is 0 Å². The van der Waals surface area contributed by atoms with Gasteiger partial charge < -0.3 is 10.4 Å². The van der Waals surface area contributed by atoms with Crippen LogP contribution in [0.2, 0.25) is 0 Å². The maximum absolute atomic E-state index is 11.4. The van der Waals surface area contributed by atoms with Crippen LogP contribution in [0.1, 0.15) is 25.3 Å². The summed E-state index contributed by atoms with van der Waals surface area (Å²) in [4.78, 5) is 11.4. The van der Waals surface area contributed by atoms with Crippen LogP contribution in [0.15, 0.2) is 24.3 Å². The van der Waals surface area contributed by atoms with Gasteiger partial charge in [0, 0.05) is 12.1 Å². The molecule has 0 saturated heterocycles. The minimum Gasteiger partial charge on any atom is -0.393 e. The van der Waals surface area contributed by atoms with Crippen LogP contribution in [0.3, 0.4) is 0 Å². The number of nitrogens with zero attached hydrogens (tertiary/aromatic N) is 1. The van der Waals surface area contributed by atoms with Crippen molar-refractivity contribution in [2.75, 3.05) is 5.32 Å². The van der Waals surface area contributed by atoms with Crippen LogP contribution in [0.4, 0.5) is 5.69 Å². The van der Waals surface area contributed by atoms with Crippen LogP contribution in [0, 0.1) is 11.3 Å². The van der Waals surface area contributed by atoms with E-state index in [-0.39, 0.29) is 12.3 Å². The van der Waals surface area contributed by atoms with Crippen molar-refractivity contribution in [3.05, 3.63) is 29.8 Å². The maximum Gasteiger partial charge on any atom is 0.224 e. The van der Waals surface area contributed by atoms with Gasteiger partial charge in [0.05, 0.1) is 17.7 Å². The number of aliphatic hydroxyl groups is 1. The minimum absolute atomic E-state index is 0.156. The second-order valence-corrected chi connectivity index (χ2v) is 3.63. The quantitative estimate of drug-likeness (QED) is 0.807. The first kappa shape index (κ1) is 12.2. The van der Waals surface area contributed by atoms with Gasteiger partial charge in [-0.15, -0.1) is 0 Å². The van der Waals surface area contributed by atoms with Gasteiger partial charge in [-0.25, -0.2) is 0 Å². The highest BCUT2D eigenvalue weighted by Gasteiger charge is 2.04. The molecule has 0 spiro atoms. The zero-order valence-electron chi connectivity index (χ0n) is 9.10. The van der Waals surface area contributed by atoms with E-state index in [0.29, 0.717) is 17.7 Å². The Balaban J connectivity index is 2.53. The van der Waals surface area contributed by atoms with Crippen LogP contribution in [0.25, 0.3) is 0 Å². The largest absolute Gasteiger partial charge is 0.393 e. The number of hydrogen-bond donors (Lipinski definition) is 2. The molecule has 1 atom stereocenters. The highest BCUT2D eigenvalue weighted by molar-refractivity contribution is 5.90. The van der Waals surface area contributed by atoms with Crippen molar-refractivity contribution in [2.45, 2.75) is 25.9 Å². The zero-order chi connectivity index (χ0) is 12.0. The number of aliphatic hydroxyl groups excluding tert-OH is 1. The second-order valence-electron chi connectivity index (χ2n) is 3.63. The predicted molar refractivity (Wildman–Crippen MR) is 60.7 cm³/mol. The Hall–Kier alpha value is -1.86. The fourth-order valence-electron chi connectivity index (χ4n) is 1.23. The molecule has 4 nitrogen and oxygen atoms in total. The monoisotopic (exact) mass is 218 g/mol. The normalized spacial score (nSPS) is 11.6. The summed E-state index contributed by atoms with van der Waals surface area (Å²) in [5.41, 5.74) is 1.11. The van der Waals surface area contributed by atoms with Crippen LogP contribution < -0.4 is 5.32 Å². The summed E-state index contributed by atoms with van der Waals surface area (Å²) in [6, 6.07) is 8.72. The molecule has 4 heteroatoms. The van der Waals surface area contributed by atoms with Crippen LogP contribution in [-0.2, 0) is 4.79 Å². The Labute approximate surface area is 94.5 Å². The summed E-state index contributed by atoms with van der Waals surface area (Å²) in [6.45, 7) is 1.64. The number of rotatable bonds is 4. The molecule has 0 aliphatic rings. The maximum atomic E-state index is 11.4. The molecule has 1 unspecified atom stereocenters. The lowest BCUT2D eigenvalue weighted by Crippen LogP contribution is -2.14. The molecule has 0 bridgehead atoms. The van der Waals surface area contributed by atoms with E-state index in [9.17, 15) is 4.79 Å². The van der Waals surface area contributed by atoms with E-state index in [4.69, 9.17) is 10.4 Å². The fraction of sp³-hybridized carbons (Fsp3) is 0.333. The summed E-state index contributed by atoms with van der Waals surface area (Å²) in [5, 5.41) is 20.4. The molecule has 2 N–H and O–H groups in total. The first-order chi connectivity index (χ1) is 7.61. The van der Waals surface area contributed by atoms with E-state index < -0.39 is 6.10 Å². The third-order valence-corrected chi connectivity index (χ3v) is 2.06. The minimum atomic E-state index is -0.476. The number of carbonyl (C=O) groups is 1.